The fourth-order valence-corrected chi connectivity index (χ4v) is 4.56. The number of halogens is 2. The zero-order valence-corrected chi connectivity index (χ0v) is 18.2. The Labute approximate surface area is 190 Å². The SMILES string of the molecule is O=C(CCc1ccc(F)cc1F)N1CCC(Cn2ccc3cc(-c4cn[nH]c4)ncc32)CC1. The zero-order valence-electron chi connectivity index (χ0n) is 18.2. The second-order valence-corrected chi connectivity index (χ2v) is 8.64. The number of nitrogens with one attached hydrogen (secondary N) is 1. The summed E-state index contributed by atoms with van der Waals surface area (Å²) in [6, 6.07) is 7.69. The molecule has 4 heterocycles. The van der Waals surface area contributed by atoms with Crippen molar-refractivity contribution < 1.29 is 13.6 Å². The van der Waals surface area contributed by atoms with Gasteiger partial charge < -0.3 is 9.47 Å². The molecule has 5 rings (SSSR count). The molecular formula is C25H25F2N5O. The highest BCUT2D eigenvalue weighted by atomic mass is 19.1. The molecule has 1 aliphatic heterocycles. The number of piperidine rings is 1. The molecule has 1 aromatic carbocycles. The number of aromatic nitrogens is 4. The maximum atomic E-state index is 13.8. The highest BCUT2D eigenvalue weighted by Crippen LogP contribution is 2.25. The van der Waals surface area contributed by atoms with Gasteiger partial charge in [-0.05, 0) is 48.9 Å². The molecule has 170 valence electrons. The van der Waals surface area contributed by atoms with Gasteiger partial charge >= 0.3 is 0 Å². The van der Waals surface area contributed by atoms with Gasteiger partial charge in [-0.2, -0.15) is 5.10 Å². The molecular weight excluding hydrogens is 424 g/mol. The topological polar surface area (TPSA) is 66.8 Å². The van der Waals surface area contributed by atoms with Gasteiger partial charge in [0.05, 0.1) is 23.6 Å². The molecule has 0 atom stereocenters. The molecule has 0 aliphatic carbocycles. The molecule has 4 aromatic rings. The third-order valence-electron chi connectivity index (χ3n) is 6.50. The van der Waals surface area contributed by atoms with E-state index in [2.05, 4.69) is 38.1 Å². The molecule has 1 saturated heterocycles. The van der Waals surface area contributed by atoms with Gasteiger partial charge in [-0.25, -0.2) is 8.78 Å². The lowest BCUT2D eigenvalue weighted by atomic mass is 9.96. The molecule has 0 saturated carbocycles. The average Bonchev–Trinajstić information content (AvgIpc) is 3.49. The van der Waals surface area contributed by atoms with E-state index < -0.39 is 11.6 Å². The van der Waals surface area contributed by atoms with Gasteiger partial charge in [0, 0.05) is 55.5 Å². The van der Waals surface area contributed by atoms with Crippen LogP contribution in [0.4, 0.5) is 8.78 Å². The standard InChI is InChI=1S/C25H25F2N5O/c26-21-3-1-18(22(27)12-21)2-4-25(33)31-8-5-17(6-9-31)16-32-10-7-19-11-23(28-15-24(19)32)20-13-29-30-14-20/h1,3,7,10-15,17H,2,4-6,8-9,16H2,(H,29,30). The number of likely N-dealkylation sites (tertiary alicyclic amines) is 1. The van der Waals surface area contributed by atoms with E-state index in [1.54, 1.807) is 6.20 Å². The van der Waals surface area contributed by atoms with Crippen LogP contribution in [0.5, 0.6) is 0 Å². The van der Waals surface area contributed by atoms with E-state index in [4.69, 9.17) is 0 Å². The Hall–Kier alpha value is -3.55. The first-order valence-electron chi connectivity index (χ1n) is 11.2. The van der Waals surface area contributed by atoms with Crippen LogP contribution in [0.2, 0.25) is 0 Å². The summed E-state index contributed by atoms with van der Waals surface area (Å²) in [5.74, 6) is -0.687. The first kappa shape index (κ1) is 21.3. The Bertz CT molecular complexity index is 1260. The van der Waals surface area contributed by atoms with E-state index in [0.29, 0.717) is 24.6 Å². The number of hydrogen-bond acceptors (Lipinski definition) is 3. The predicted octanol–water partition coefficient (Wildman–Crippen LogP) is 4.58. The van der Waals surface area contributed by atoms with Gasteiger partial charge in [0.25, 0.3) is 0 Å². The molecule has 1 fully saturated rings. The zero-order chi connectivity index (χ0) is 22.8. The Morgan fingerprint density at radius 3 is 2.73 bits per heavy atom. The molecule has 1 aliphatic rings. The first-order chi connectivity index (χ1) is 16.1. The highest BCUT2D eigenvalue weighted by molar-refractivity contribution is 5.83. The number of aryl methyl sites for hydroxylation is 1. The van der Waals surface area contributed by atoms with Gasteiger partial charge in [-0.3, -0.25) is 14.9 Å². The van der Waals surface area contributed by atoms with Gasteiger partial charge in [-0.1, -0.05) is 6.07 Å². The number of fused-ring (bicyclic) bond motifs is 1. The maximum Gasteiger partial charge on any atom is 0.222 e. The summed E-state index contributed by atoms with van der Waals surface area (Å²) in [6.45, 7) is 2.30. The number of amides is 1. The third-order valence-corrected chi connectivity index (χ3v) is 6.50. The minimum absolute atomic E-state index is 0.0274. The number of rotatable bonds is 6. The number of aromatic amines is 1. The van der Waals surface area contributed by atoms with Crippen LogP contribution in [-0.2, 0) is 17.8 Å². The van der Waals surface area contributed by atoms with Gasteiger partial charge in [0.2, 0.25) is 5.91 Å². The molecule has 1 amide bonds. The van der Waals surface area contributed by atoms with E-state index >= 15 is 0 Å². The summed E-state index contributed by atoms with van der Waals surface area (Å²) in [6.07, 6.45) is 9.97. The van der Waals surface area contributed by atoms with Crippen LogP contribution in [0, 0.1) is 17.6 Å². The Kier molecular flexibility index (Phi) is 5.90. The molecule has 0 radical (unpaired) electrons. The van der Waals surface area contributed by atoms with Crippen molar-refractivity contribution in [2.24, 2.45) is 5.92 Å². The fraction of sp³-hybridized carbons (Fsp3) is 0.320. The summed E-state index contributed by atoms with van der Waals surface area (Å²) in [7, 11) is 0. The monoisotopic (exact) mass is 449 g/mol. The largest absolute Gasteiger partial charge is 0.346 e. The quantitative estimate of drug-likeness (QED) is 0.469. The molecule has 0 unspecified atom stereocenters. The number of carbonyl (C=O) groups excluding carboxylic acids is 1. The minimum atomic E-state index is -0.602. The number of nitrogens with zero attached hydrogens (tertiary/aromatic N) is 4. The van der Waals surface area contributed by atoms with Crippen molar-refractivity contribution in [3.63, 3.8) is 0 Å². The van der Waals surface area contributed by atoms with Crippen molar-refractivity contribution in [1.29, 1.82) is 0 Å². The number of hydrogen-bond donors (Lipinski definition) is 1. The number of pyridine rings is 1. The van der Waals surface area contributed by atoms with Crippen LogP contribution in [0.15, 0.2) is 55.1 Å². The van der Waals surface area contributed by atoms with E-state index in [9.17, 15) is 13.6 Å². The first-order valence-corrected chi connectivity index (χ1v) is 11.2. The van der Waals surface area contributed by atoms with Crippen LogP contribution < -0.4 is 0 Å². The lowest BCUT2D eigenvalue weighted by molar-refractivity contribution is -0.132. The van der Waals surface area contributed by atoms with Gasteiger partial charge in [0.15, 0.2) is 0 Å². The average molecular weight is 450 g/mol. The van der Waals surface area contributed by atoms with Crippen molar-refractivity contribution in [1.82, 2.24) is 24.6 Å². The van der Waals surface area contributed by atoms with Crippen molar-refractivity contribution in [3.05, 3.63) is 72.3 Å². The number of carbonyl (C=O) groups is 1. The number of benzene rings is 1. The normalized spacial score (nSPS) is 14.8. The van der Waals surface area contributed by atoms with Crippen molar-refractivity contribution in [2.75, 3.05) is 13.1 Å². The van der Waals surface area contributed by atoms with E-state index in [-0.39, 0.29) is 18.7 Å². The summed E-state index contributed by atoms with van der Waals surface area (Å²) in [4.78, 5) is 19.0. The van der Waals surface area contributed by atoms with Gasteiger partial charge in [0.1, 0.15) is 11.6 Å². The smallest absolute Gasteiger partial charge is 0.222 e. The van der Waals surface area contributed by atoms with Gasteiger partial charge in [-0.15, -0.1) is 0 Å². The van der Waals surface area contributed by atoms with Crippen molar-refractivity contribution in [2.45, 2.75) is 32.2 Å². The van der Waals surface area contributed by atoms with Crippen LogP contribution in [0.1, 0.15) is 24.8 Å². The van der Waals surface area contributed by atoms with E-state index in [0.717, 1.165) is 47.6 Å². The molecule has 0 spiro atoms. The van der Waals surface area contributed by atoms with Crippen LogP contribution in [0.25, 0.3) is 22.2 Å². The highest BCUT2D eigenvalue weighted by Gasteiger charge is 2.23. The Morgan fingerprint density at radius 1 is 1.12 bits per heavy atom. The predicted molar refractivity (Wildman–Crippen MR) is 121 cm³/mol. The molecule has 0 bridgehead atoms. The van der Waals surface area contributed by atoms with Crippen molar-refractivity contribution in [3.8, 4) is 11.3 Å². The third kappa shape index (κ3) is 4.65. The minimum Gasteiger partial charge on any atom is -0.346 e. The molecule has 8 heteroatoms. The van der Waals surface area contributed by atoms with E-state index in [1.165, 1.54) is 12.1 Å². The lowest BCUT2D eigenvalue weighted by Crippen LogP contribution is -2.39. The maximum absolute atomic E-state index is 13.8. The summed E-state index contributed by atoms with van der Waals surface area (Å²) >= 11 is 0. The van der Waals surface area contributed by atoms with E-state index in [1.807, 2.05) is 17.3 Å². The second-order valence-electron chi connectivity index (χ2n) is 8.64. The van der Waals surface area contributed by atoms with Crippen LogP contribution >= 0.6 is 0 Å². The van der Waals surface area contributed by atoms with Crippen LogP contribution in [0.3, 0.4) is 0 Å². The Balaban J connectivity index is 1.15. The number of H-pyrrole nitrogens is 1. The molecule has 33 heavy (non-hydrogen) atoms. The Morgan fingerprint density at radius 2 is 1.97 bits per heavy atom. The fourth-order valence-electron chi connectivity index (χ4n) is 4.56. The molecule has 1 N–H and O–H groups in total. The van der Waals surface area contributed by atoms with Crippen molar-refractivity contribution >= 4 is 16.8 Å². The molecule has 3 aromatic heterocycles. The summed E-state index contributed by atoms with van der Waals surface area (Å²) < 4.78 is 29.1. The lowest BCUT2D eigenvalue weighted by Gasteiger charge is -2.32. The summed E-state index contributed by atoms with van der Waals surface area (Å²) in [5, 5.41) is 7.94. The van der Waals surface area contributed by atoms with Crippen LogP contribution in [-0.4, -0.2) is 43.6 Å². The second kappa shape index (κ2) is 9.13. The molecule has 6 nitrogen and oxygen atoms in total. The summed E-state index contributed by atoms with van der Waals surface area (Å²) in [5.41, 5.74) is 3.33.